The van der Waals surface area contributed by atoms with Gasteiger partial charge in [-0.1, -0.05) is 23.4 Å². The van der Waals surface area contributed by atoms with Crippen molar-refractivity contribution in [2.45, 2.75) is 25.6 Å². The second-order valence-electron chi connectivity index (χ2n) is 6.83. The molecule has 0 saturated carbocycles. The number of aryl methyl sites for hydroxylation is 1. The van der Waals surface area contributed by atoms with E-state index in [0.29, 0.717) is 16.3 Å². The van der Waals surface area contributed by atoms with E-state index in [1.54, 1.807) is 20.8 Å². The maximum atomic E-state index is 13.2. The minimum absolute atomic E-state index is 0.0203. The Hall–Kier alpha value is -2.71. The van der Waals surface area contributed by atoms with Crippen LogP contribution in [0, 0.1) is 6.92 Å². The van der Waals surface area contributed by atoms with Gasteiger partial charge in [-0.25, -0.2) is 9.59 Å². The molecule has 0 amide bonds. The van der Waals surface area contributed by atoms with Gasteiger partial charge in [-0.15, -0.1) is 0 Å². The van der Waals surface area contributed by atoms with E-state index in [-0.39, 0.29) is 22.5 Å². The van der Waals surface area contributed by atoms with Crippen molar-refractivity contribution in [2.75, 3.05) is 14.2 Å². The zero-order valence-corrected chi connectivity index (χ0v) is 18.6. The zero-order valence-electron chi connectivity index (χ0n) is 17.0. The highest BCUT2D eigenvalue weighted by Gasteiger charge is 2.58. The summed E-state index contributed by atoms with van der Waals surface area (Å²) in [5.74, 6) is -2.24. The molecule has 30 heavy (non-hydrogen) atoms. The molecular weight excluding hydrogens is 430 g/mol. The first-order valence-corrected chi connectivity index (χ1v) is 10.1. The molecule has 1 N–H and O–H groups in total. The molecule has 9 heteroatoms. The van der Waals surface area contributed by atoms with Gasteiger partial charge in [0.25, 0.3) is 0 Å². The van der Waals surface area contributed by atoms with E-state index in [1.165, 1.54) is 43.5 Å². The number of allylic oxidation sites excluding steroid dienone is 4. The van der Waals surface area contributed by atoms with Crippen molar-refractivity contribution < 1.29 is 29.0 Å². The molecule has 2 aliphatic heterocycles. The maximum absolute atomic E-state index is 13.2. The second kappa shape index (κ2) is 7.85. The molecule has 0 saturated heterocycles. The van der Waals surface area contributed by atoms with Gasteiger partial charge >= 0.3 is 11.9 Å². The number of carbonyl (C=O) groups excluding carboxylic acids is 3. The molecule has 0 spiro atoms. The number of Topliss-reactive ketones (excluding diaryl/α,β-unsaturated/α-hetero) is 1. The van der Waals surface area contributed by atoms with Crippen molar-refractivity contribution in [3.05, 3.63) is 62.3 Å². The molecule has 158 valence electrons. The summed E-state index contributed by atoms with van der Waals surface area (Å²) in [5.41, 5.74) is 1.30. The van der Waals surface area contributed by atoms with Crippen LogP contribution in [0.4, 0.5) is 0 Å². The monoisotopic (exact) mass is 449 g/mol. The quantitative estimate of drug-likeness (QED) is 0.549. The topological polar surface area (TPSA) is 93.1 Å². The number of ether oxygens (including phenoxy) is 2. The number of halogens is 1. The van der Waals surface area contributed by atoms with Crippen LogP contribution in [0.5, 0.6) is 5.75 Å². The number of phenolic OH excluding ortho intramolecular Hbond substituents is 1. The van der Waals surface area contributed by atoms with Crippen LogP contribution in [0.25, 0.3) is 0 Å². The summed E-state index contributed by atoms with van der Waals surface area (Å²) >= 11 is 7.27. The fourth-order valence-electron chi connectivity index (χ4n) is 3.38. The highest BCUT2D eigenvalue weighted by atomic mass is 35.5. The number of nitrogens with zero attached hydrogens (tertiary/aromatic N) is 1. The normalized spacial score (nSPS) is 20.4. The third kappa shape index (κ3) is 3.20. The van der Waals surface area contributed by atoms with E-state index in [0.717, 1.165) is 16.7 Å². The van der Waals surface area contributed by atoms with Gasteiger partial charge in [0.15, 0.2) is 5.78 Å². The van der Waals surface area contributed by atoms with Crippen molar-refractivity contribution in [1.82, 2.24) is 4.90 Å². The standard InChI is InChI=1S/C21H20ClNO6S/c1-10-6-17(24)14(8-16(10)22)18(25)13-7-15(19(26)28-4)21(20(27)29-5)23(9-13)11(2)12(3)30-21/h6-9,24H,1-5H3. The van der Waals surface area contributed by atoms with Gasteiger partial charge in [-0.2, -0.15) is 0 Å². The lowest BCUT2D eigenvalue weighted by Crippen LogP contribution is -2.52. The molecule has 2 heterocycles. The summed E-state index contributed by atoms with van der Waals surface area (Å²) < 4.78 is 9.89. The third-order valence-electron chi connectivity index (χ3n) is 5.10. The number of carbonyl (C=O) groups is 3. The lowest BCUT2D eigenvalue weighted by atomic mass is 9.92. The lowest BCUT2D eigenvalue weighted by molar-refractivity contribution is -0.149. The lowest BCUT2D eigenvalue weighted by Gasteiger charge is -2.38. The highest BCUT2D eigenvalue weighted by molar-refractivity contribution is 8.05. The van der Waals surface area contributed by atoms with Crippen LogP contribution >= 0.6 is 23.4 Å². The number of benzene rings is 1. The minimum atomic E-state index is -1.53. The number of fused-ring (bicyclic) bond motifs is 1. The summed E-state index contributed by atoms with van der Waals surface area (Å²) in [5, 5.41) is 10.6. The van der Waals surface area contributed by atoms with Gasteiger partial charge in [0.05, 0.1) is 25.4 Å². The van der Waals surface area contributed by atoms with Crippen LogP contribution in [0.1, 0.15) is 29.8 Å². The van der Waals surface area contributed by atoms with Crippen molar-refractivity contribution in [3.8, 4) is 5.75 Å². The molecule has 1 aromatic carbocycles. The van der Waals surface area contributed by atoms with Gasteiger partial charge in [0, 0.05) is 27.4 Å². The van der Waals surface area contributed by atoms with E-state index in [9.17, 15) is 19.5 Å². The average molecular weight is 450 g/mol. The summed E-state index contributed by atoms with van der Waals surface area (Å²) in [6.07, 6.45) is 2.77. The number of ketones is 1. The zero-order chi connectivity index (χ0) is 22.4. The second-order valence-corrected chi connectivity index (χ2v) is 8.65. The Morgan fingerprint density at radius 1 is 1.13 bits per heavy atom. The van der Waals surface area contributed by atoms with Gasteiger partial charge in [-0.05, 0) is 44.5 Å². The Bertz CT molecular complexity index is 1070. The molecule has 0 aliphatic carbocycles. The fraction of sp³-hybridized carbons (Fsp3) is 0.286. The predicted octanol–water partition coefficient (Wildman–Crippen LogP) is 3.70. The van der Waals surface area contributed by atoms with Crippen molar-refractivity contribution >= 4 is 41.1 Å². The smallest absolute Gasteiger partial charge is 0.348 e. The number of esters is 2. The molecule has 7 nitrogen and oxygen atoms in total. The number of rotatable bonds is 4. The van der Waals surface area contributed by atoms with E-state index in [1.807, 2.05) is 0 Å². The van der Waals surface area contributed by atoms with Crippen LogP contribution in [0.3, 0.4) is 0 Å². The molecule has 2 aliphatic rings. The van der Waals surface area contributed by atoms with Crippen LogP contribution in [-0.2, 0) is 19.1 Å². The SMILES string of the molecule is COC(=O)C1=CC(C(=O)c2cc(Cl)c(C)cc2O)=CN2C(C)=C(C)SC12C(=O)OC. The number of hydrogen-bond acceptors (Lipinski definition) is 8. The first-order chi connectivity index (χ1) is 14.1. The van der Waals surface area contributed by atoms with Gasteiger partial charge in [-0.3, -0.25) is 4.79 Å². The van der Waals surface area contributed by atoms with E-state index in [2.05, 4.69) is 0 Å². The van der Waals surface area contributed by atoms with Crippen LogP contribution in [-0.4, -0.2) is 46.8 Å². The van der Waals surface area contributed by atoms with E-state index in [4.69, 9.17) is 21.1 Å². The molecule has 1 aromatic rings. The molecular formula is C21H20ClNO6S. The summed E-state index contributed by atoms with van der Waals surface area (Å²) in [7, 11) is 2.42. The Labute approximate surface area is 183 Å². The highest BCUT2D eigenvalue weighted by Crippen LogP contribution is 2.53. The fourth-order valence-corrected chi connectivity index (χ4v) is 4.94. The summed E-state index contributed by atoms with van der Waals surface area (Å²) in [6, 6.07) is 2.76. The number of phenols is 1. The number of methoxy groups -OCH3 is 2. The molecule has 1 atom stereocenters. The van der Waals surface area contributed by atoms with Crippen LogP contribution in [0.15, 0.2) is 46.2 Å². The Morgan fingerprint density at radius 3 is 2.40 bits per heavy atom. The van der Waals surface area contributed by atoms with E-state index >= 15 is 0 Å². The first-order valence-electron chi connectivity index (χ1n) is 8.88. The molecule has 0 bridgehead atoms. The molecule has 1 unspecified atom stereocenters. The summed E-state index contributed by atoms with van der Waals surface area (Å²) in [6.45, 7) is 5.28. The number of hydrogen-bond donors (Lipinski definition) is 1. The van der Waals surface area contributed by atoms with Crippen molar-refractivity contribution in [2.24, 2.45) is 0 Å². The Morgan fingerprint density at radius 2 is 1.80 bits per heavy atom. The van der Waals surface area contributed by atoms with Gasteiger partial charge < -0.3 is 19.5 Å². The Balaban J connectivity index is 2.21. The van der Waals surface area contributed by atoms with Crippen LogP contribution < -0.4 is 0 Å². The van der Waals surface area contributed by atoms with Crippen LogP contribution in [0.2, 0.25) is 5.02 Å². The minimum Gasteiger partial charge on any atom is -0.507 e. The van der Waals surface area contributed by atoms with Crippen molar-refractivity contribution in [1.29, 1.82) is 0 Å². The number of aromatic hydroxyl groups is 1. The molecule has 0 radical (unpaired) electrons. The average Bonchev–Trinajstić information content (AvgIpc) is 2.99. The molecule has 0 aromatic heterocycles. The third-order valence-corrected chi connectivity index (χ3v) is 6.98. The maximum Gasteiger partial charge on any atom is 0.348 e. The van der Waals surface area contributed by atoms with E-state index < -0.39 is 22.6 Å². The summed E-state index contributed by atoms with van der Waals surface area (Å²) in [4.78, 5) is 39.5. The first kappa shape index (κ1) is 22.0. The Kier molecular flexibility index (Phi) is 5.75. The van der Waals surface area contributed by atoms with Gasteiger partial charge in [0.1, 0.15) is 5.75 Å². The van der Waals surface area contributed by atoms with Crippen molar-refractivity contribution in [3.63, 3.8) is 0 Å². The molecule has 0 fully saturated rings. The largest absolute Gasteiger partial charge is 0.507 e. The van der Waals surface area contributed by atoms with Gasteiger partial charge in [0.2, 0.25) is 4.87 Å². The number of thioether (sulfide) groups is 1. The molecule has 3 rings (SSSR count). The predicted molar refractivity (Wildman–Crippen MR) is 113 cm³/mol.